The summed E-state index contributed by atoms with van der Waals surface area (Å²) < 4.78 is 0. The van der Waals surface area contributed by atoms with Crippen LogP contribution in [0.2, 0.25) is 0 Å². The van der Waals surface area contributed by atoms with Crippen molar-refractivity contribution in [2.45, 2.75) is 25.9 Å². The van der Waals surface area contributed by atoms with Gasteiger partial charge in [0.15, 0.2) is 5.78 Å². The van der Waals surface area contributed by atoms with Gasteiger partial charge in [0.25, 0.3) is 0 Å². The predicted molar refractivity (Wildman–Crippen MR) is 34.0 cm³/mol. The number of hydrogen-bond acceptors (Lipinski definition) is 2. The van der Waals surface area contributed by atoms with Crippen LogP contribution in [0.3, 0.4) is 0 Å². The Balaban J connectivity index is 2.67. The Kier molecular flexibility index (Phi) is 1.67. The highest BCUT2D eigenvalue weighted by Crippen LogP contribution is 2.14. The first-order chi connectivity index (χ1) is 4.18. The van der Waals surface area contributed by atoms with E-state index in [0.29, 0.717) is 12.8 Å². The second kappa shape index (κ2) is 2.31. The molecule has 1 unspecified atom stereocenters. The first-order valence-corrected chi connectivity index (χ1v) is 3.06. The molecule has 1 aliphatic rings. The zero-order valence-corrected chi connectivity index (χ0v) is 5.42. The summed E-state index contributed by atoms with van der Waals surface area (Å²) in [4.78, 5) is 10.6. The SMILES string of the molecule is CC1=CC(=O)CC(O)C1. The minimum absolute atomic E-state index is 0.0475. The summed E-state index contributed by atoms with van der Waals surface area (Å²) in [6.07, 6.45) is 2.14. The molecule has 0 aromatic heterocycles. The standard InChI is InChI=1S/C7H10O2/c1-5-2-6(8)4-7(9)3-5/h2,7,9H,3-4H2,1H3. The largest absolute Gasteiger partial charge is 0.392 e. The summed E-state index contributed by atoms with van der Waals surface area (Å²) in [6.45, 7) is 1.86. The van der Waals surface area contributed by atoms with Crippen LogP contribution in [0.5, 0.6) is 0 Å². The average Bonchev–Trinajstić information content (AvgIpc) is 1.59. The van der Waals surface area contributed by atoms with Crippen LogP contribution in [0.1, 0.15) is 19.8 Å². The van der Waals surface area contributed by atoms with Gasteiger partial charge in [0.2, 0.25) is 0 Å². The molecule has 9 heavy (non-hydrogen) atoms. The van der Waals surface area contributed by atoms with Crippen molar-refractivity contribution in [3.8, 4) is 0 Å². The second-order valence-electron chi connectivity index (χ2n) is 2.52. The first-order valence-electron chi connectivity index (χ1n) is 3.06. The molecule has 50 valence electrons. The fraction of sp³-hybridized carbons (Fsp3) is 0.571. The van der Waals surface area contributed by atoms with Gasteiger partial charge in [0.1, 0.15) is 0 Å². The van der Waals surface area contributed by atoms with Crippen LogP contribution in [0, 0.1) is 0 Å². The molecule has 0 aromatic rings. The normalized spacial score (nSPS) is 28.0. The van der Waals surface area contributed by atoms with E-state index in [1.807, 2.05) is 6.92 Å². The summed E-state index contributed by atoms with van der Waals surface area (Å²) in [5.74, 6) is 0.0475. The topological polar surface area (TPSA) is 37.3 Å². The summed E-state index contributed by atoms with van der Waals surface area (Å²) in [7, 11) is 0. The fourth-order valence-electron chi connectivity index (χ4n) is 1.07. The van der Waals surface area contributed by atoms with Crippen LogP contribution in [-0.4, -0.2) is 17.0 Å². The lowest BCUT2D eigenvalue weighted by molar-refractivity contribution is -0.116. The molecule has 1 aliphatic carbocycles. The molecule has 0 radical (unpaired) electrons. The van der Waals surface area contributed by atoms with E-state index in [9.17, 15) is 4.79 Å². The smallest absolute Gasteiger partial charge is 0.158 e. The molecule has 0 saturated carbocycles. The maximum atomic E-state index is 10.6. The van der Waals surface area contributed by atoms with Gasteiger partial charge in [-0.3, -0.25) is 4.79 Å². The third-order valence-electron chi connectivity index (χ3n) is 1.40. The van der Waals surface area contributed by atoms with Crippen molar-refractivity contribution in [2.75, 3.05) is 0 Å². The third-order valence-corrected chi connectivity index (χ3v) is 1.40. The van der Waals surface area contributed by atoms with E-state index in [-0.39, 0.29) is 5.78 Å². The van der Waals surface area contributed by atoms with Gasteiger partial charge in [0, 0.05) is 6.42 Å². The van der Waals surface area contributed by atoms with Crippen LogP contribution < -0.4 is 0 Å². The number of carbonyl (C=O) groups excluding carboxylic acids is 1. The van der Waals surface area contributed by atoms with Gasteiger partial charge in [-0.05, 0) is 19.4 Å². The number of rotatable bonds is 0. The molecule has 0 aliphatic heterocycles. The Morgan fingerprint density at radius 1 is 1.67 bits per heavy atom. The van der Waals surface area contributed by atoms with Crippen molar-refractivity contribution in [1.29, 1.82) is 0 Å². The summed E-state index contributed by atoms with van der Waals surface area (Å²) in [5, 5.41) is 8.99. The Labute approximate surface area is 54.2 Å². The maximum absolute atomic E-state index is 10.6. The minimum Gasteiger partial charge on any atom is -0.392 e. The van der Waals surface area contributed by atoms with E-state index in [1.165, 1.54) is 0 Å². The van der Waals surface area contributed by atoms with E-state index < -0.39 is 6.10 Å². The first kappa shape index (κ1) is 6.49. The number of ketones is 1. The third kappa shape index (κ3) is 1.64. The second-order valence-corrected chi connectivity index (χ2v) is 2.52. The number of hydrogen-bond donors (Lipinski definition) is 1. The molecule has 1 rings (SSSR count). The van der Waals surface area contributed by atoms with Crippen molar-refractivity contribution >= 4 is 5.78 Å². The van der Waals surface area contributed by atoms with E-state index in [0.717, 1.165) is 5.57 Å². The highest BCUT2D eigenvalue weighted by molar-refractivity contribution is 5.91. The lowest BCUT2D eigenvalue weighted by Gasteiger charge is -2.13. The number of allylic oxidation sites excluding steroid dienone is 1. The van der Waals surface area contributed by atoms with Crippen LogP contribution in [-0.2, 0) is 4.79 Å². The van der Waals surface area contributed by atoms with Crippen LogP contribution in [0.15, 0.2) is 11.6 Å². The van der Waals surface area contributed by atoms with Crippen molar-refractivity contribution in [2.24, 2.45) is 0 Å². The Morgan fingerprint density at radius 2 is 2.33 bits per heavy atom. The minimum atomic E-state index is -0.428. The zero-order valence-electron chi connectivity index (χ0n) is 5.42. The molecule has 0 amide bonds. The highest BCUT2D eigenvalue weighted by atomic mass is 16.3. The molecular formula is C7H10O2. The molecule has 0 aromatic carbocycles. The molecule has 2 nitrogen and oxygen atoms in total. The van der Waals surface area contributed by atoms with Crippen molar-refractivity contribution in [3.63, 3.8) is 0 Å². The lowest BCUT2D eigenvalue weighted by atomic mass is 9.97. The molecule has 1 atom stereocenters. The maximum Gasteiger partial charge on any atom is 0.158 e. The molecule has 2 heteroatoms. The Bertz CT molecular complexity index is 158. The van der Waals surface area contributed by atoms with E-state index in [4.69, 9.17) is 5.11 Å². The Hall–Kier alpha value is -0.630. The number of carbonyl (C=O) groups is 1. The molecule has 1 N–H and O–H groups in total. The van der Waals surface area contributed by atoms with Crippen LogP contribution in [0.25, 0.3) is 0 Å². The van der Waals surface area contributed by atoms with Gasteiger partial charge in [0.05, 0.1) is 6.10 Å². The summed E-state index contributed by atoms with van der Waals surface area (Å²) >= 11 is 0. The molecule has 0 saturated heterocycles. The van der Waals surface area contributed by atoms with E-state index in [1.54, 1.807) is 6.08 Å². The number of aliphatic hydroxyl groups excluding tert-OH is 1. The van der Waals surface area contributed by atoms with Gasteiger partial charge < -0.3 is 5.11 Å². The molecule has 0 bridgehead atoms. The van der Waals surface area contributed by atoms with Crippen molar-refractivity contribution in [1.82, 2.24) is 0 Å². The predicted octanol–water partition coefficient (Wildman–Crippen LogP) is 0.657. The van der Waals surface area contributed by atoms with Gasteiger partial charge in [-0.15, -0.1) is 0 Å². The monoisotopic (exact) mass is 126 g/mol. The molecule has 0 heterocycles. The molecule has 0 spiro atoms. The fourth-order valence-corrected chi connectivity index (χ4v) is 1.07. The van der Waals surface area contributed by atoms with Crippen LogP contribution >= 0.6 is 0 Å². The van der Waals surface area contributed by atoms with E-state index in [2.05, 4.69) is 0 Å². The van der Waals surface area contributed by atoms with Crippen molar-refractivity contribution < 1.29 is 9.90 Å². The summed E-state index contributed by atoms with van der Waals surface area (Å²) in [5.41, 5.74) is 0.985. The lowest BCUT2D eigenvalue weighted by Crippen LogP contribution is -2.17. The summed E-state index contributed by atoms with van der Waals surface area (Å²) in [6, 6.07) is 0. The zero-order chi connectivity index (χ0) is 6.85. The van der Waals surface area contributed by atoms with Crippen LogP contribution in [0.4, 0.5) is 0 Å². The van der Waals surface area contributed by atoms with Crippen molar-refractivity contribution in [3.05, 3.63) is 11.6 Å². The molecular weight excluding hydrogens is 116 g/mol. The van der Waals surface area contributed by atoms with E-state index >= 15 is 0 Å². The average molecular weight is 126 g/mol. The molecule has 0 fully saturated rings. The van der Waals surface area contributed by atoms with Gasteiger partial charge in [-0.1, -0.05) is 5.57 Å². The Morgan fingerprint density at radius 3 is 2.78 bits per heavy atom. The van der Waals surface area contributed by atoms with Gasteiger partial charge >= 0.3 is 0 Å². The van der Waals surface area contributed by atoms with Gasteiger partial charge in [-0.25, -0.2) is 0 Å². The van der Waals surface area contributed by atoms with Gasteiger partial charge in [-0.2, -0.15) is 0 Å². The number of aliphatic hydroxyl groups is 1. The quantitative estimate of drug-likeness (QED) is 0.517. The highest BCUT2D eigenvalue weighted by Gasteiger charge is 2.14.